The highest BCUT2D eigenvalue weighted by atomic mass is 35.5. The summed E-state index contributed by atoms with van der Waals surface area (Å²) in [7, 11) is 0. The zero-order valence-electron chi connectivity index (χ0n) is 15.1. The molecule has 0 radical (unpaired) electrons. The highest BCUT2D eigenvalue weighted by molar-refractivity contribution is 7.16. The summed E-state index contributed by atoms with van der Waals surface area (Å²) in [6, 6.07) is -0.121. The van der Waals surface area contributed by atoms with Crippen molar-refractivity contribution in [3.63, 3.8) is 0 Å². The number of hydrogen-bond acceptors (Lipinski definition) is 5. The molecule has 1 amide bonds. The van der Waals surface area contributed by atoms with E-state index in [2.05, 4.69) is 10.3 Å². The fourth-order valence-corrected chi connectivity index (χ4v) is 5.05. The predicted molar refractivity (Wildman–Crippen MR) is 103 cm³/mol. The van der Waals surface area contributed by atoms with Crippen LogP contribution in [0.2, 0.25) is 5.15 Å². The van der Waals surface area contributed by atoms with Crippen LogP contribution in [0.25, 0.3) is 0 Å². The Morgan fingerprint density at radius 3 is 2.76 bits per heavy atom. The number of aromatic nitrogens is 1. The van der Waals surface area contributed by atoms with Crippen LogP contribution >= 0.6 is 22.9 Å². The molecule has 5 nitrogen and oxygen atoms in total. The highest BCUT2D eigenvalue weighted by Crippen LogP contribution is 2.41. The van der Waals surface area contributed by atoms with Crippen LogP contribution in [0.15, 0.2) is 0 Å². The summed E-state index contributed by atoms with van der Waals surface area (Å²) < 4.78 is 0. The van der Waals surface area contributed by atoms with Gasteiger partial charge in [0.1, 0.15) is 5.15 Å². The predicted octanol–water partition coefficient (Wildman–Crippen LogP) is 4.83. The molecule has 1 atom stereocenters. The van der Waals surface area contributed by atoms with Gasteiger partial charge in [0.15, 0.2) is 11.3 Å². The van der Waals surface area contributed by atoms with Gasteiger partial charge in [-0.15, -0.1) is 0 Å². The van der Waals surface area contributed by atoms with Gasteiger partial charge in [-0.05, 0) is 32.1 Å². The van der Waals surface area contributed by atoms with Gasteiger partial charge in [-0.2, -0.15) is 5.26 Å². The van der Waals surface area contributed by atoms with Gasteiger partial charge in [0.25, 0.3) is 0 Å². The zero-order valence-corrected chi connectivity index (χ0v) is 16.6. The van der Waals surface area contributed by atoms with Crippen LogP contribution in [0, 0.1) is 11.5 Å². The van der Waals surface area contributed by atoms with Crippen molar-refractivity contribution in [3.8, 4) is 6.19 Å². The molecule has 138 valence electrons. The van der Waals surface area contributed by atoms with Gasteiger partial charge in [-0.3, -0.25) is 9.69 Å². The van der Waals surface area contributed by atoms with E-state index >= 15 is 0 Å². The molecule has 2 rings (SSSR count). The number of nitrogens with zero attached hydrogens (tertiary/aromatic N) is 3. The molecule has 1 aliphatic carbocycles. The van der Waals surface area contributed by atoms with Crippen molar-refractivity contribution in [2.45, 2.75) is 77.2 Å². The maximum atomic E-state index is 12.7. The molecule has 1 heterocycles. The quantitative estimate of drug-likeness (QED) is 0.516. The van der Waals surface area contributed by atoms with Crippen LogP contribution in [0.4, 0.5) is 5.13 Å². The van der Waals surface area contributed by atoms with E-state index in [1.54, 1.807) is 16.2 Å². The molecule has 0 bridgehead atoms. The van der Waals surface area contributed by atoms with Gasteiger partial charge in [-0.25, -0.2) is 4.98 Å². The van der Waals surface area contributed by atoms with Gasteiger partial charge in [0.05, 0.1) is 0 Å². The van der Waals surface area contributed by atoms with E-state index in [0.29, 0.717) is 29.2 Å². The van der Waals surface area contributed by atoms with E-state index in [1.807, 2.05) is 20.0 Å². The lowest BCUT2D eigenvalue weighted by atomic mass is 9.88. The molecule has 0 aromatic carbocycles. The minimum absolute atomic E-state index is 0.00990. The number of rotatable bonds is 8. The number of hydrogen-bond donors (Lipinski definition) is 1. The number of amides is 1. The fraction of sp³-hybridized carbons (Fsp3) is 0.722. The Kier molecular flexibility index (Phi) is 7.98. The summed E-state index contributed by atoms with van der Waals surface area (Å²) in [5, 5.41) is 12.8. The standard InChI is InChI=1S/C18H27ClN4OS/c1-3-8-14(21-12-20)11-15(24)23(4-2)18-22-17(19)16(25-18)13-9-6-5-7-10-13/h13-14,21H,3-11H2,1-2H3/t14-/m0/s1. The van der Waals surface area contributed by atoms with Crippen LogP contribution in [-0.2, 0) is 4.79 Å². The molecule has 0 aliphatic heterocycles. The molecule has 1 N–H and O–H groups in total. The second-order valence-electron chi connectivity index (χ2n) is 6.57. The van der Waals surface area contributed by atoms with Crippen molar-refractivity contribution in [2.75, 3.05) is 11.4 Å². The SMILES string of the molecule is CCC[C@@H](CC(=O)N(CC)c1nc(Cl)c(C2CCCCC2)s1)NC#N. The molecule has 0 saturated heterocycles. The molecule has 0 spiro atoms. The lowest BCUT2D eigenvalue weighted by molar-refractivity contribution is -0.119. The average Bonchev–Trinajstić information content (AvgIpc) is 2.98. The Hall–Kier alpha value is -1.32. The van der Waals surface area contributed by atoms with E-state index in [4.69, 9.17) is 16.9 Å². The number of nitrogens with one attached hydrogen (secondary N) is 1. The number of thiazole rings is 1. The maximum absolute atomic E-state index is 12.7. The largest absolute Gasteiger partial charge is 0.320 e. The second kappa shape index (κ2) is 9.98. The fourth-order valence-electron chi connectivity index (χ4n) is 3.44. The molecule has 1 fully saturated rings. The molecule has 1 aromatic rings. The van der Waals surface area contributed by atoms with Gasteiger partial charge in [-0.1, -0.05) is 55.5 Å². The molecule has 25 heavy (non-hydrogen) atoms. The number of nitriles is 1. The lowest BCUT2D eigenvalue weighted by Gasteiger charge is -2.22. The zero-order chi connectivity index (χ0) is 18.2. The van der Waals surface area contributed by atoms with Crippen molar-refractivity contribution in [1.82, 2.24) is 10.3 Å². The Labute approximate surface area is 159 Å². The van der Waals surface area contributed by atoms with Crippen LogP contribution in [-0.4, -0.2) is 23.5 Å². The normalized spacial score (nSPS) is 16.2. The first-order chi connectivity index (χ1) is 12.1. The maximum Gasteiger partial charge on any atom is 0.230 e. The highest BCUT2D eigenvalue weighted by Gasteiger charge is 2.26. The monoisotopic (exact) mass is 382 g/mol. The Morgan fingerprint density at radius 2 is 2.16 bits per heavy atom. The number of carbonyl (C=O) groups excluding carboxylic acids is 1. The van der Waals surface area contributed by atoms with Gasteiger partial charge in [0.2, 0.25) is 5.91 Å². The summed E-state index contributed by atoms with van der Waals surface area (Å²) in [5.74, 6) is 0.471. The third kappa shape index (κ3) is 5.32. The van der Waals surface area contributed by atoms with E-state index < -0.39 is 0 Å². The van der Waals surface area contributed by atoms with Crippen LogP contribution in [0.1, 0.15) is 76.0 Å². The topological polar surface area (TPSA) is 69.0 Å². The summed E-state index contributed by atoms with van der Waals surface area (Å²) in [6.07, 6.45) is 10.1. The Balaban J connectivity index is 2.11. The van der Waals surface area contributed by atoms with E-state index in [0.717, 1.165) is 30.6 Å². The number of halogens is 1. The molecular formula is C18H27ClN4OS. The average molecular weight is 383 g/mol. The van der Waals surface area contributed by atoms with Gasteiger partial charge in [0, 0.05) is 23.9 Å². The van der Waals surface area contributed by atoms with Crippen molar-refractivity contribution in [3.05, 3.63) is 10.0 Å². The van der Waals surface area contributed by atoms with Crippen LogP contribution in [0.5, 0.6) is 0 Å². The van der Waals surface area contributed by atoms with Crippen molar-refractivity contribution in [1.29, 1.82) is 5.26 Å². The summed E-state index contributed by atoms with van der Waals surface area (Å²) in [4.78, 5) is 20.0. The molecule has 1 aromatic heterocycles. The third-order valence-electron chi connectivity index (χ3n) is 4.75. The molecule has 1 aliphatic rings. The molecule has 0 unspecified atom stereocenters. The van der Waals surface area contributed by atoms with E-state index in [1.165, 1.54) is 19.3 Å². The van der Waals surface area contributed by atoms with Gasteiger partial charge < -0.3 is 5.32 Å². The van der Waals surface area contributed by atoms with Crippen molar-refractivity contribution < 1.29 is 4.79 Å². The molecule has 1 saturated carbocycles. The minimum atomic E-state index is -0.121. The van der Waals surface area contributed by atoms with E-state index in [9.17, 15) is 4.79 Å². The smallest absolute Gasteiger partial charge is 0.230 e. The molecular weight excluding hydrogens is 356 g/mol. The Morgan fingerprint density at radius 1 is 1.44 bits per heavy atom. The lowest BCUT2D eigenvalue weighted by Crippen LogP contribution is -2.37. The molecule has 7 heteroatoms. The van der Waals surface area contributed by atoms with Crippen molar-refractivity contribution >= 4 is 34.0 Å². The first kappa shape index (κ1) is 20.0. The van der Waals surface area contributed by atoms with Crippen molar-refractivity contribution in [2.24, 2.45) is 0 Å². The Bertz CT molecular complexity index is 607. The number of carbonyl (C=O) groups is 1. The summed E-state index contributed by atoms with van der Waals surface area (Å²) >= 11 is 7.95. The van der Waals surface area contributed by atoms with Gasteiger partial charge >= 0.3 is 0 Å². The first-order valence-electron chi connectivity index (χ1n) is 9.21. The second-order valence-corrected chi connectivity index (χ2v) is 7.94. The van der Waals surface area contributed by atoms with E-state index in [-0.39, 0.29) is 11.9 Å². The summed E-state index contributed by atoms with van der Waals surface area (Å²) in [5.41, 5.74) is 0. The number of anilines is 1. The van der Waals surface area contributed by atoms with Crippen LogP contribution < -0.4 is 10.2 Å². The minimum Gasteiger partial charge on any atom is -0.320 e. The first-order valence-corrected chi connectivity index (χ1v) is 10.4. The third-order valence-corrected chi connectivity index (χ3v) is 6.39. The van der Waals surface area contributed by atoms with Crippen LogP contribution in [0.3, 0.4) is 0 Å². The summed E-state index contributed by atoms with van der Waals surface area (Å²) in [6.45, 7) is 4.55.